The van der Waals surface area contributed by atoms with E-state index in [-0.39, 0.29) is 17.4 Å². The van der Waals surface area contributed by atoms with E-state index in [0.29, 0.717) is 12.1 Å². The summed E-state index contributed by atoms with van der Waals surface area (Å²) in [5, 5.41) is 3.28. The Bertz CT molecular complexity index is 311. The first-order valence-electron chi connectivity index (χ1n) is 7.10. The molecule has 2 rings (SSSR count). The zero-order chi connectivity index (χ0) is 13.3. The molecule has 0 radical (unpaired) electrons. The number of hydrogen-bond donors (Lipinski definition) is 1. The summed E-state index contributed by atoms with van der Waals surface area (Å²) < 4.78 is 5.73. The maximum absolute atomic E-state index is 12.4. The number of likely N-dealkylation sites (N-methyl/N-ethyl adjacent to an activating group) is 1. The van der Waals surface area contributed by atoms with Gasteiger partial charge in [-0.05, 0) is 32.7 Å². The average Bonchev–Trinajstić information content (AvgIpc) is 2.86. The Kier molecular flexibility index (Phi) is 3.97. The van der Waals surface area contributed by atoms with Crippen molar-refractivity contribution in [3.63, 3.8) is 0 Å². The lowest BCUT2D eigenvalue weighted by atomic mass is 9.63. The predicted octanol–water partition coefficient (Wildman–Crippen LogP) is 1.40. The van der Waals surface area contributed by atoms with Crippen molar-refractivity contribution in [2.45, 2.75) is 58.2 Å². The Morgan fingerprint density at radius 2 is 2.22 bits per heavy atom. The number of nitrogens with zero attached hydrogens (tertiary/aromatic N) is 1. The summed E-state index contributed by atoms with van der Waals surface area (Å²) in [7, 11) is 1.94. The molecule has 0 aromatic heterocycles. The third-order valence-electron chi connectivity index (χ3n) is 4.67. The minimum atomic E-state index is 0.0388. The molecule has 1 N–H and O–H groups in total. The molecule has 1 aliphatic carbocycles. The van der Waals surface area contributed by atoms with Crippen molar-refractivity contribution in [3.05, 3.63) is 0 Å². The molecule has 1 saturated carbocycles. The van der Waals surface area contributed by atoms with Crippen LogP contribution in [-0.4, -0.2) is 49.2 Å². The van der Waals surface area contributed by atoms with Crippen molar-refractivity contribution in [1.29, 1.82) is 0 Å². The SMILES string of the molecule is CCO[C@H]1C[C@H](N(C)C(=O)[C@@H]2CCCN2)C1(C)C. The fraction of sp³-hybridized carbons (Fsp3) is 0.929. The summed E-state index contributed by atoms with van der Waals surface area (Å²) in [5.74, 6) is 0.250. The molecule has 2 aliphatic rings. The van der Waals surface area contributed by atoms with E-state index in [1.54, 1.807) is 0 Å². The van der Waals surface area contributed by atoms with E-state index < -0.39 is 0 Å². The molecule has 0 spiro atoms. The van der Waals surface area contributed by atoms with Crippen molar-refractivity contribution in [1.82, 2.24) is 10.2 Å². The van der Waals surface area contributed by atoms with Gasteiger partial charge in [-0.2, -0.15) is 0 Å². The summed E-state index contributed by atoms with van der Waals surface area (Å²) in [4.78, 5) is 14.3. The number of hydrogen-bond acceptors (Lipinski definition) is 3. The molecule has 1 heterocycles. The summed E-state index contributed by atoms with van der Waals surface area (Å²) >= 11 is 0. The number of carbonyl (C=O) groups excluding carboxylic acids is 1. The lowest BCUT2D eigenvalue weighted by Crippen LogP contribution is -2.63. The van der Waals surface area contributed by atoms with Gasteiger partial charge in [-0.15, -0.1) is 0 Å². The van der Waals surface area contributed by atoms with Crippen LogP contribution in [0.3, 0.4) is 0 Å². The zero-order valence-electron chi connectivity index (χ0n) is 12.0. The van der Waals surface area contributed by atoms with Crippen LogP contribution in [0.5, 0.6) is 0 Å². The predicted molar refractivity (Wildman–Crippen MR) is 71.4 cm³/mol. The topological polar surface area (TPSA) is 41.6 Å². The second-order valence-electron chi connectivity index (χ2n) is 6.11. The van der Waals surface area contributed by atoms with Gasteiger partial charge in [0.1, 0.15) is 0 Å². The molecule has 1 aliphatic heterocycles. The Balaban J connectivity index is 1.94. The fourth-order valence-electron chi connectivity index (χ4n) is 3.30. The molecule has 0 bridgehead atoms. The second kappa shape index (κ2) is 5.17. The Morgan fingerprint density at radius 3 is 2.72 bits per heavy atom. The van der Waals surface area contributed by atoms with Gasteiger partial charge in [-0.3, -0.25) is 4.79 Å². The summed E-state index contributed by atoms with van der Waals surface area (Å²) in [5.41, 5.74) is 0.0685. The van der Waals surface area contributed by atoms with Crippen LogP contribution in [0.1, 0.15) is 40.0 Å². The standard InChI is InChI=1S/C14H26N2O2/c1-5-18-12-9-11(14(12,2)3)16(4)13(17)10-7-6-8-15-10/h10-12,15H,5-9H2,1-4H3/t10-,11-,12-/m0/s1. The van der Waals surface area contributed by atoms with Crippen LogP contribution >= 0.6 is 0 Å². The normalized spacial score (nSPS) is 34.1. The van der Waals surface area contributed by atoms with Crippen molar-refractivity contribution in [2.75, 3.05) is 20.2 Å². The molecule has 1 amide bonds. The minimum Gasteiger partial charge on any atom is -0.378 e. The molecule has 4 nitrogen and oxygen atoms in total. The van der Waals surface area contributed by atoms with Gasteiger partial charge < -0.3 is 15.0 Å². The third kappa shape index (κ3) is 2.28. The number of amides is 1. The smallest absolute Gasteiger partial charge is 0.239 e. The van der Waals surface area contributed by atoms with Gasteiger partial charge in [-0.25, -0.2) is 0 Å². The van der Waals surface area contributed by atoms with Crippen molar-refractivity contribution >= 4 is 5.91 Å². The molecule has 0 unspecified atom stereocenters. The number of rotatable bonds is 4. The van der Waals surface area contributed by atoms with Crippen LogP contribution in [0.2, 0.25) is 0 Å². The Morgan fingerprint density at radius 1 is 1.50 bits per heavy atom. The highest BCUT2D eigenvalue weighted by Crippen LogP contribution is 2.45. The number of nitrogens with one attached hydrogen (secondary N) is 1. The summed E-state index contributed by atoms with van der Waals surface area (Å²) in [6.07, 6.45) is 3.35. The van der Waals surface area contributed by atoms with Crippen LogP contribution in [0.25, 0.3) is 0 Å². The summed E-state index contributed by atoms with van der Waals surface area (Å²) in [6, 6.07) is 0.348. The molecule has 3 atom stereocenters. The van der Waals surface area contributed by atoms with E-state index in [1.807, 2.05) is 18.9 Å². The van der Waals surface area contributed by atoms with Crippen molar-refractivity contribution in [3.8, 4) is 0 Å². The van der Waals surface area contributed by atoms with Gasteiger partial charge in [0.2, 0.25) is 5.91 Å². The lowest BCUT2D eigenvalue weighted by molar-refractivity contribution is -0.164. The highest BCUT2D eigenvalue weighted by molar-refractivity contribution is 5.82. The van der Waals surface area contributed by atoms with Crippen molar-refractivity contribution < 1.29 is 9.53 Å². The van der Waals surface area contributed by atoms with E-state index in [0.717, 1.165) is 32.4 Å². The zero-order valence-corrected chi connectivity index (χ0v) is 12.0. The van der Waals surface area contributed by atoms with Gasteiger partial charge in [0.05, 0.1) is 12.1 Å². The van der Waals surface area contributed by atoms with Crippen LogP contribution in [0.4, 0.5) is 0 Å². The van der Waals surface area contributed by atoms with E-state index in [1.165, 1.54) is 0 Å². The quantitative estimate of drug-likeness (QED) is 0.824. The molecule has 0 aromatic rings. The molecule has 4 heteroatoms. The molecular weight excluding hydrogens is 228 g/mol. The van der Waals surface area contributed by atoms with Gasteiger partial charge in [0, 0.05) is 25.1 Å². The third-order valence-corrected chi connectivity index (χ3v) is 4.67. The van der Waals surface area contributed by atoms with E-state index >= 15 is 0 Å². The maximum atomic E-state index is 12.4. The van der Waals surface area contributed by atoms with Gasteiger partial charge in [0.25, 0.3) is 0 Å². The number of carbonyl (C=O) groups is 1. The molecule has 1 saturated heterocycles. The lowest BCUT2D eigenvalue weighted by Gasteiger charge is -2.55. The molecule has 18 heavy (non-hydrogen) atoms. The van der Waals surface area contributed by atoms with Crippen LogP contribution in [-0.2, 0) is 9.53 Å². The van der Waals surface area contributed by atoms with Gasteiger partial charge in [-0.1, -0.05) is 13.8 Å². The molecule has 2 fully saturated rings. The van der Waals surface area contributed by atoms with Crippen LogP contribution in [0.15, 0.2) is 0 Å². The van der Waals surface area contributed by atoms with Crippen LogP contribution < -0.4 is 5.32 Å². The minimum absolute atomic E-state index is 0.0388. The van der Waals surface area contributed by atoms with E-state index in [4.69, 9.17) is 4.74 Å². The Labute approximate surface area is 110 Å². The first-order valence-corrected chi connectivity index (χ1v) is 7.10. The number of ether oxygens (including phenoxy) is 1. The van der Waals surface area contributed by atoms with E-state index in [9.17, 15) is 4.79 Å². The summed E-state index contributed by atoms with van der Waals surface area (Å²) in [6.45, 7) is 8.16. The van der Waals surface area contributed by atoms with Crippen molar-refractivity contribution in [2.24, 2.45) is 5.41 Å². The average molecular weight is 254 g/mol. The first-order chi connectivity index (χ1) is 8.48. The first kappa shape index (κ1) is 13.8. The Hall–Kier alpha value is -0.610. The molecular formula is C14H26N2O2. The van der Waals surface area contributed by atoms with E-state index in [2.05, 4.69) is 19.2 Å². The maximum Gasteiger partial charge on any atom is 0.239 e. The monoisotopic (exact) mass is 254 g/mol. The van der Waals surface area contributed by atoms with Gasteiger partial charge in [0.15, 0.2) is 0 Å². The highest BCUT2D eigenvalue weighted by Gasteiger charge is 2.52. The largest absolute Gasteiger partial charge is 0.378 e. The van der Waals surface area contributed by atoms with Crippen LogP contribution in [0, 0.1) is 5.41 Å². The van der Waals surface area contributed by atoms with Gasteiger partial charge >= 0.3 is 0 Å². The fourth-order valence-corrected chi connectivity index (χ4v) is 3.30. The second-order valence-corrected chi connectivity index (χ2v) is 6.11. The molecule has 0 aromatic carbocycles. The highest BCUT2D eigenvalue weighted by atomic mass is 16.5. The molecule has 104 valence electrons.